The number of nitro benzene ring substituents is 1. The van der Waals surface area contributed by atoms with Gasteiger partial charge in [0.05, 0.1) is 21.3 Å². The summed E-state index contributed by atoms with van der Waals surface area (Å²) < 4.78 is 1.59. The number of hydrogen-bond acceptors (Lipinski definition) is 5. The van der Waals surface area contributed by atoms with Crippen molar-refractivity contribution in [2.75, 3.05) is 18.4 Å². The van der Waals surface area contributed by atoms with Crippen LogP contribution in [-0.4, -0.2) is 44.5 Å². The summed E-state index contributed by atoms with van der Waals surface area (Å²) in [6.45, 7) is 8.11. The lowest BCUT2D eigenvalue weighted by Gasteiger charge is -2.22. The van der Waals surface area contributed by atoms with E-state index in [2.05, 4.69) is 10.4 Å². The Balaban J connectivity index is 1.85. The number of nitrogens with zero attached hydrogens (tertiary/aromatic N) is 4. The van der Waals surface area contributed by atoms with Crippen molar-refractivity contribution in [2.45, 2.75) is 39.5 Å². The maximum Gasteiger partial charge on any atom is 0.269 e. The quantitative estimate of drug-likeness (QED) is 0.338. The third-order valence-corrected chi connectivity index (χ3v) is 5.59. The monoisotopic (exact) mass is 497 g/mol. The average molecular weight is 498 g/mol. The van der Waals surface area contributed by atoms with Gasteiger partial charge < -0.3 is 10.2 Å². The van der Waals surface area contributed by atoms with Crippen LogP contribution in [0, 0.1) is 10.1 Å². The Morgan fingerprint density at radius 3 is 2.37 bits per heavy atom. The van der Waals surface area contributed by atoms with Gasteiger partial charge in [-0.3, -0.25) is 19.7 Å². The summed E-state index contributed by atoms with van der Waals surface area (Å²) in [5.74, 6) is -0.346. The van der Waals surface area contributed by atoms with E-state index in [1.165, 1.54) is 29.2 Å². The highest BCUT2D eigenvalue weighted by Gasteiger charge is 2.24. The number of nitro groups is 1. The van der Waals surface area contributed by atoms with E-state index in [-0.39, 0.29) is 29.1 Å². The molecule has 1 heterocycles. The number of halogens is 1. The van der Waals surface area contributed by atoms with Gasteiger partial charge in [0.1, 0.15) is 12.4 Å². The lowest BCUT2D eigenvalue weighted by molar-refractivity contribution is -0.384. The maximum absolute atomic E-state index is 13.0. The fourth-order valence-corrected chi connectivity index (χ4v) is 3.65. The van der Waals surface area contributed by atoms with E-state index < -0.39 is 10.8 Å². The predicted octanol–water partition coefficient (Wildman–Crippen LogP) is 5.22. The van der Waals surface area contributed by atoms with Crippen LogP contribution in [0.15, 0.2) is 54.6 Å². The zero-order valence-electron chi connectivity index (χ0n) is 20.1. The Morgan fingerprint density at radius 1 is 1.14 bits per heavy atom. The summed E-state index contributed by atoms with van der Waals surface area (Å²) in [7, 11) is 0. The molecule has 1 aromatic heterocycles. The lowest BCUT2D eigenvalue weighted by atomic mass is 9.92. The number of hydrogen-bond donors (Lipinski definition) is 1. The molecule has 0 aliphatic rings. The standard InChI is InChI=1S/C25H28ClN5O4/c1-5-14-29(24(33)17-10-12-18(13-11-17)31(34)35)16-23(32)27-22-15-21(25(2,3)4)28-30(22)20-9-7-6-8-19(20)26/h6-13,15H,5,14,16H2,1-4H3,(H,27,32). The SMILES string of the molecule is CCCN(CC(=O)Nc1cc(C(C)(C)C)nn1-c1ccccc1Cl)C(=O)c1ccc([N+](=O)[O-])cc1. The van der Waals surface area contributed by atoms with Crippen molar-refractivity contribution in [1.29, 1.82) is 0 Å². The second-order valence-electron chi connectivity index (χ2n) is 9.11. The zero-order valence-corrected chi connectivity index (χ0v) is 20.9. The van der Waals surface area contributed by atoms with Gasteiger partial charge in [-0.1, -0.05) is 51.4 Å². The van der Waals surface area contributed by atoms with Crippen molar-refractivity contribution in [2.24, 2.45) is 0 Å². The van der Waals surface area contributed by atoms with Gasteiger partial charge >= 0.3 is 0 Å². The molecule has 1 N–H and O–H groups in total. The molecule has 0 aliphatic heterocycles. The van der Waals surface area contributed by atoms with E-state index in [1.807, 2.05) is 39.8 Å². The summed E-state index contributed by atoms with van der Waals surface area (Å²) >= 11 is 6.39. The second-order valence-corrected chi connectivity index (χ2v) is 9.51. The van der Waals surface area contributed by atoms with Gasteiger partial charge in [0.25, 0.3) is 11.6 Å². The highest BCUT2D eigenvalue weighted by Crippen LogP contribution is 2.29. The van der Waals surface area contributed by atoms with Crippen LogP contribution in [0.3, 0.4) is 0 Å². The number of nitrogens with one attached hydrogen (secondary N) is 1. The Morgan fingerprint density at radius 2 is 1.80 bits per heavy atom. The fraction of sp³-hybridized carbons (Fsp3) is 0.320. The minimum atomic E-state index is -0.528. The van der Waals surface area contributed by atoms with E-state index in [4.69, 9.17) is 11.6 Å². The van der Waals surface area contributed by atoms with E-state index in [9.17, 15) is 19.7 Å². The van der Waals surface area contributed by atoms with Crippen LogP contribution in [0.4, 0.5) is 11.5 Å². The molecule has 0 radical (unpaired) electrons. The molecule has 0 saturated heterocycles. The molecular weight excluding hydrogens is 470 g/mol. The largest absolute Gasteiger partial charge is 0.329 e. The molecule has 0 fully saturated rings. The van der Waals surface area contributed by atoms with Crippen molar-refractivity contribution in [3.8, 4) is 5.69 Å². The molecule has 2 aromatic carbocycles. The van der Waals surface area contributed by atoms with Gasteiger partial charge in [0.15, 0.2) is 0 Å². The number of para-hydroxylation sites is 1. The Hall–Kier alpha value is -3.72. The van der Waals surface area contributed by atoms with Gasteiger partial charge in [-0.25, -0.2) is 4.68 Å². The van der Waals surface area contributed by atoms with Gasteiger partial charge in [0.2, 0.25) is 5.91 Å². The average Bonchev–Trinajstić information content (AvgIpc) is 3.22. The molecule has 0 aliphatic carbocycles. The Labute approximate surface area is 208 Å². The number of carbonyl (C=O) groups is 2. The van der Waals surface area contributed by atoms with Crippen molar-refractivity contribution in [3.05, 3.63) is 81.0 Å². The molecule has 9 nitrogen and oxygen atoms in total. The summed E-state index contributed by atoms with van der Waals surface area (Å²) in [5.41, 5.74) is 1.27. The molecule has 3 aromatic rings. The summed E-state index contributed by atoms with van der Waals surface area (Å²) in [6, 6.07) is 14.3. The van der Waals surface area contributed by atoms with E-state index >= 15 is 0 Å². The number of carbonyl (C=O) groups excluding carboxylic acids is 2. The topological polar surface area (TPSA) is 110 Å². The third kappa shape index (κ3) is 6.24. The number of rotatable bonds is 8. The molecule has 0 unspecified atom stereocenters. The van der Waals surface area contributed by atoms with E-state index in [0.29, 0.717) is 29.5 Å². The summed E-state index contributed by atoms with van der Waals surface area (Å²) in [6.07, 6.45) is 0.637. The van der Waals surface area contributed by atoms with Gasteiger partial charge in [0, 0.05) is 35.7 Å². The highest BCUT2D eigenvalue weighted by molar-refractivity contribution is 6.32. The van der Waals surface area contributed by atoms with Crippen LogP contribution in [-0.2, 0) is 10.2 Å². The number of amides is 2. The van der Waals surface area contributed by atoms with E-state index in [1.54, 1.807) is 22.9 Å². The van der Waals surface area contributed by atoms with Crippen LogP contribution < -0.4 is 5.32 Å². The molecule has 2 amide bonds. The molecule has 0 bridgehead atoms. The lowest BCUT2D eigenvalue weighted by Crippen LogP contribution is -2.38. The predicted molar refractivity (Wildman–Crippen MR) is 135 cm³/mol. The summed E-state index contributed by atoms with van der Waals surface area (Å²) in [4.78, 5) is 37.8. The molecule has 35 heavy (non-hydrogen) atoms. The summed E-state index contributed by atoms with van der Waals surface area (Å²) in [5, 5.41) is 18.9. The number of non-ortho nitro benzene ring substituents is 1. The molecule has 184 valence electrons. The number of anilines is 1. The molecule has 0 spiro atoms. The van der Waals surface area contributed by atoms with Crippen LogP contribution in [0.2, 0.25) is 5.02 Å². The van der Waals surface area contributed by atoms with Gasteiger partial charge in [-0.15, -0.1) is 0 Å². The molecular formula is C25H28ClN5O4. The zero-order chi connectivity index (χ0) is 25.8. The van der Waals surface area contributed by atoms with Crippen LogP contribution in [0.1, 0.15) is 50.2 Å². The minimum absolute atomic E-state index is 0.108. The maximum atomic E-state index is 13.0. The fourth-order valence-electron chi connectivity index (χ4n) is 3.43. The first-order chi connectivity index (χ1) is 16.5. The van der Waals surface area contributed by atoms with Gasteiger partial charge in [-0.2, -0.15) is 5.10 Å². The molecule has 0 atom stereocenters. The van der Waals surface area contributed by atoms with E-state index in [0.717, 1.165) is 5.69 Å². The molecule has 10 heteroatoms. The smallest absolute Gasteiger partial charge is 0.269 e. The minimum Gasteiger partial charge on any atom is -0.329 e. The first-order valence-electron chi connectivity index (χ1n) is 11.2. The molecule has 3 rings (SSSR count). The van der Waals surface area contributed by atoms with Crippen LogP contribution in [0.5, 0.6) is 0 Å². The van der Waals surface area contributed by atoms with Crippen molar-refractivity contribution < 1.29 is 14.5 Å². The third-order valence-electron chi connectivity index (χ3n) is 5.27. The highest BCUT2D eigenvalue weighted by atomic mass is 35.5. The normalized spacial score (nSPS) is 11.2. The van der Waals surface area contributed by atoms with Crippen molar-refractivity contribution >= 4 is 34.9 Å². The van der Waals surface area contributed by atoms with Gasteiger partial charge in [-0.05, 0) is 30.7 Å². The second kappa shape index (κ2) is 10.7. The Kier molecular flexibility index (Phi) is 7.91. The number of benzene rings is 2. The first kappa shape index (κ1) is 25.9. The number of aromatic nitrogens is 2. The molecule has 0 saturated carbocycles. The Bertz CT molecular complexity index is 1230. The van der Waals surface area contributed by atoms with Crippen LogP contribution >= 0.6 is 11.6 Å². The van der Waals surface area contributed by atoms with Crippen molar-refractivity contribution in [1.82, 2.24) is 14.7 Å². The van der Waals surface area contributed by atoms with Crippen LogP contribution in [0.25, 0.3) is 5.69 Å². The van der Waals surface area contributed by atoms with Crippen molar-refractivity contribution in [3.63, 3.8) is 0 Å². The first-order valence-corrected chi connectivity index (χ1v) is 11.6.